The highest BCUT2D eigenvalue weighted by molar-refractivity contribution is 5.78. The van der Waals surface area contributed by atoms with Gasteiger partial charge in [-0.2, -0.15) is 5.10 Å². The van der Waals surface area contributed by atoms with Crippen LogP contribution in [0.5, 0.6) is 0 Å². The molecule has 0 saturated carbocycles. The third kappa shape index (κ3) is 3.54. The lowest BCUT2D eigenvalue weighted by atomic mass is 9.95. The van der Waals surface area contributed by atoms with Crippen LogP contribution in [-0.4, -0.2) is 32.9 Å². The van der Waals surface area contributed by atoms with Crippen LogP contribution in [-0.2, 0) is 6.54 Å². The van der Waals surface area contributed by atoms with Crippen molar-refractivity contribution in [2.75, 3.05) is 13.2 Å². The quantitative estimate of drug-likeness (QED) is 0.506. The molecule has 0 atom stereocenters. The van der Waals surface area contributed by atoms with E-state index >= 15 is 0 Å². The maximum atomic E-state index is 8.93. The lowest BCUT2D eigenvalue weighted by molar-refractivity contribution is 0.291. The van der Waals surface area contributed by atoms with E-state index in [4.69, 9.17) is 10.2 Å². The lowest BCUT2D eigenvalue weighted by Gasteiger charge is -2.10. The SMILES string of the molecule is Cc1c(-c2ccccc2)cccc1-c1cc2cc(CNCCO)nc(C)n2n1. The Hall–Kier alpha value is -3.02. The second-order valence-electron chi connectivity index (χ2n) is 6.91. The minimum Gasteiger partial charge on any atom is -0.395 e. The minimum atomic E-state index is 0.120. The molecule has 2 N–H and O–H groups in total. The predicted molar refractivity (Wildman–Crippen MR) is 112 cm³/mol. The second-order valence-corrected chi connectivity index (χ2v) is 6.91. The molecule has 2 aromatic carbocycles. The van der Waals surface area contributed by atoms with Crippen molar-refractivity contribution in [3.8, 4) is 22.4 Å². The smallest absolute Gasteiger partial charge is 0.127 e. The molecular weight excluding hydrogens is 348 g/mol. The third-order valence-electron chi connectivity index (χ3n) is 4.95. The summed E-state index contributed by atoms with van der Waals surface area (Å²) in [6, 6.07) is 21.0. The number of aromatic nitrogens is 3. The number of hydrogen-bond acceptors (Lipinski definition) is 4. The van der Waals surface area contributed by atoms with Crippen LogP contribution in [0.15, 0.2) is 60.7 Å². The molecule has 5 heteroatoms. The maximum absolute atomic E-state index is 8.93. The summed E-state index contributed by atoms with van der Waals surface area (Å²) in [6.07, 6.45) is 0. The number of rotatable bonds is 6. The molecule has 0 unspecified atom stereocenters. The Balaban J connectivity index is 1.74. The topological polar surface area (TPSA) is 62.5 Å². The highest BCUT2D eigenvalue weighted by atomic mass is 16.3. The van der Waals surface area contributed by atoms with Crippen molar-refractivity contribution >= 4 is 5.52 Å². The summed E-state index contributed by atoms with van der Waals surface area (Å²) in [6.45, 7) is 5.42. The molecule has 0 bridgehead atoms. The Morgan fingerprint density at radius 1 is 0.964 bits per heavy atom. The number of nitrogens with zero attached hydrogens (tertiary/aromatic N) is 3. The van der Waals surface area contributed by atoms with Crippen molar-refractivity contribution in [2.24, 2.45) is 0 Å². The molecule has 142 valence electrons. The van der Waals surface area contributed by atoms with Gasteiger partial charge in [0.05, 0.1) is 23.5 Å². The summed E-state index contributed by atoms with van der Waals surface area (Å²) in [7, 11) is 0. The highest BCUT2D eigenvalue weighted by Crippen LogP contribution is 2.31. The first kappa shape index (κ1) is 18.3. The summed E-state index contributed by atoms with van der Waals surface area (Å²) >= 11 is 0. The van der Waals surface area contributed by atoms with Crippen molar-refractivity contribution in [2.45, 2.75) is 20.4 Å². The van der Waals surface area contributed by atoms with E-state index in [0.29, 0.717) is 13.1 Å². The molecule has 5 nitrogen and oxygen atoms in total. The van der Waals surface area contributed by atoms with Gasteiger partial charge < -0.3 is 10.4 Å². The Labute approximate surface area is 164 Å². The largest absolute Gasteiger partial charge is 0.395 e. The zero-order valence-electron chi connectivity index (χ0n) is 16.2. The van der Waals surface area contributed by atoms with Gasteiger partial charge in [0, 0.05) is 18.7 Å². The predicted octanol–water partition coefficient (Wildman–Crippen LogP) is 3.76. The molecule has 0 amide bonds. The molecule has 0 aliphatic carbocycles. The summed E-state index contributed by atoms with van der Waals surface area (Å²) in [4.78, 5) is 4.62. The number of benzene rings is 2. The maximum Gasteiger partial charge on any atom is 0.127 e. The number of fused-ring (bicyclic) bond motifs is 1. The van der Waals surface area contributed by atoms with Crippen molar-refractivity contribution in [1.29, 1.82) is 0 Å². The number of aryl methyl sites for hydroxylation is 1. The normalized spacial score (nSPS) is 11.2. The summed E-state index contributed by atoms with van der Waals surface area (Å²) in [5, 5.41) is 16.9. The number of aliphatic hydroxyl groups is 1. The van der Waals surface area contributed by atoms with E-state index in [1.165, 1.54) is 16.7 Å². The van der Waals surface area contributed by atoms with Gasteiger partial charge in [-0.3, -0.25) is 0 Å². The minimum absolute atomic E-state index is 0.120. The van der Waals surface area contributed by atoms with Crippen molar-refractivity contribution in [3.05, 3.63) is 77.7 Å². The Bertz CT molecular complexity index is 1100. The Morgan fingerprint density at radius 2 is 1.75 bits per heavy atom. The zero-order chi connectivity index (χ0) is 19.5. The van der Waals surface area contributed by atoms with Crippen LogP contribution in [0.3, 0.4) is 0 Å². The average molecular weight is 372 g/mol. The van der Waals surface area contributed by atoms with E-state index < -0.39 is 0 Å². The van der Waals surface area contributed by atoms with Crippen LogP contribution in [0.4, 0.5) is 0 Å². The van der Waals surface area contributed by atoms with Crippen LogP contribution < -0.4 is 5.32 Å². The second kappa shape index (κ2) is 7.92. The van der Waals surface area contributed by atoms with Crippen molar-refractivity contribution in [3.63, 3.8) is 0 Å². The van der Waals surface area contributed by atoms with E-state index in [9.17, 15) is 0 Å². The van der Waals surface area contributed by atoms with Gasteiger partial charge in [-0.05, 0) is 42.7 Å². The van der Waals surface area contributed by atoms with Crippen molar-refractivity contribution in [1.82, 2.24) is 19.9 Å². The molecule has 4 rings (SSSR count). The van der Waals surface area contributed by atoms with Gasteiger partial charge >= 0.3 is 0 Å². The Morgan fingerprint density at radius 3 is 2.54 bits per heavy atom. The molecular formula is C23H24N4O. The highest BCUT2D eigenvalue weighted by Gasteiger charge is 2.13. The third-order valence-corrected chi connectivity index (χ3v) is 4.95. The number of hydrogen-bond donors (Lipinski definition) is 2. The molecule has 0 spiro atoms. The van der Waals surface area contributed by atoms with Crippen molar-refractivity contribution < 1.29 is 5.11 Å². The lowest BCUT2D eigenvalue weighted by Crippen LogP contribution is -2.18. The van der Waals surface area contributed by atoms with Gasteiger partial charge in [-0.1, -0.05) is 48.5 Å². The summed E-state index contributed by atoms with van der Waals surface area (Å²) in [5.41, 5.74) is 7.68. The van der Waals surface area contributed by atoms with E-state index in [1.807, 2.05) is 23.6 Å². The molecule has 28 heavy (non-hydrogen) atoms. The van der Waals surface area contributed by atoms with Gasteiger partial charge in [0.15, 0.2) is 0 Å². The van der Waals surface area contributed by atoms with Crippen LogP contribution in [0.1, 0.15) is 17.1 Å². The molecule has 0 radical (unpaired) electrons. The van der Waals surface area contributed by atoms with Gasteiger partial charge in [0.2, 0.25) is 0 Å². The van der Waals surface area contributed by atoms with Gasteiger partial charge in [0.1, 0.15) is 5.82 Å². The van der Waals surface area contributed by atoms with Crippen LogP contribution >= 0.6 is 0 Å². The first-order valence-electron chi connectivity index (χ1n) is 9.50. The molecule has 4 aromatic rings. The monoisotopic (exact) mass is 372 g/mol. The van der Waals surface area contributed by atoms with E-state index in [1.54, 1.807) is 0 Å². The molecule has 0 fully saturated rings. The standard InChI is InChI=1S/C23H24N4O/c1-16-21(18-7-4-3-5-8-18)9-6-10-22(16)23-14-20-13-19(15-24-11-12-28)25-17(2)27(20)26-23/h3-10,13-14,24,28H,11-12,15H2,1-2H3. The van der Waals surface area contributed by atoms with Gasteiger partial charge in [0.25, 0.3) is 0 Å². The fourth-order valence-electron chi connectivity index (χ4n) is 3.58. The summed E-state index contributed by atoms with van der Waals surface area (Å²) < 4.78 is 1.89. The number of nitrogens with one attached hydrogen (secondary N) is 1. The van der Waals surface area contributed by atoms with E-state index in [-0.39, 0.29) is 6.61 Å². The van der Waals surface area contributed by atoms with E-state index in [2.05, 4.69) is 65.8 Å². The Kier molecular flexibility index (Phi) is 5.19. The van der Waals surface area contributed by atoms with Gasteiger partial charge in [-0.15, -0.1) is 0 Å². The molecule has 0 aliphatic rings. The zero-order valence-corrected chi connectivity index (χ0v) is 16.2. The van der Waals surface area contributed by atoms with Crippen LogP contribution in [0.2, 0.25) is 0 Å². The fourth-order valence-corrected chi connectivity index (χ4v) is 3.58. The first-order valence-corrected chi connectivity index (χ1v) is 9.50. The van der Waals surface area contributed by atoms with Crippen LogP contribution in [0, 0.1) is 13.8 Å². The molecule has 2 aromatic heterocycles. The van der Waals surface area contributed by atoms with Crippen LogP contribution in [0.25, 0.3) is 27.9 Å². The fraction of sp³-hybridized carbons (Fsp3) is 0.217. The number of aliphatic hydroxyl groups excluding tert-OH is 1. The van der Waals surface area contributed by atoms with Gasteiger partial charge in [-0.25, -0.2) is 9.50 Å². The summed E-state index contributed by atoms with van der Waals surface area (Å²) in [5.74, 6) is 0.849. The van der Waals surface area contributed by atoms with E-state index in [0.717, 1.165) is 28.3 Å². The molecule has 0 aliphatic heterocycles. The molecule has 0 saturated heterocycles. The average Bonchev–Trinajstić information content (AvgIpc) is 3.13. The molecule has 2 heterocycles. The first-order chi connectivity index (χ1) is 13.7.